The van der Waals surface area contributed by atoms with E-state index in [-0.39, 0.29) is 11.3 Å². The summed E-state index contributed by atoms with van der Waals surface area (Å²) in [5.41, 5.74) is -0.657. The highest BCUT2D eigenvalue weighted by Crippen LogP contribution is 2.20. The standard InChI is InChI=1S/C11H12FNO4/c1-6(17-2)10(14)13-9-7(11(15)16)4-3-5-8(9)12/h3-6H,1-2H3,(H,13,14)(H,15,16). The first-order valence-corrected chi connectivity index (χ1v) is 4.82. The van der Waals surface area contributed by atoms with Crippen molar-refractivity contribution in [3.63, 3.8) is 0 Å². The van der Waals surface area contributed by atoms with E-state index in [0.29, 0.717) is 0 Å². The predicted octanol–water partition coefficient (Wildman–Crippen LogP) is 1.50. The van der Waals surface area contributed by atoms with E-state index in [1.54, 1.807) is 0 Å². The molecular formula is C11H12FNO4. The van der Waals surface area contributed by atoms with Crippen LogP contribution in [0.1, 0.15) is 17.3 Å². The van der Waals surface area contributed by atoms with Crippen molar-refractivity contribution in [3.8, 4) is 0 Å². The summed E-state index contributed by atoms with van der Waals surface area (Å²) in [7, 11) is 1.32. The van der Waals surface area contributed by atoms with E-state index >= 15 is 0 Å². The quantitative estimate of drug-likeness (QED) is 0.837. The molecule has 0 aliphatic rings. The molecule has 0 bridgehead atoms. The Morgan fingerprint density at radius 2 is 2.12 bits per heavy atom. The monoisotopic (exact) mass is 241 g/mol. The van der Waals surface area contributed by atoms with Gasteiger partial charge >= 0.3 is 5.97 Å². The number of methoxy groups -OCH3 is 1. The van der Waals surface area contributed by atoms with Gasteiger partial charge in [0.1, 0.15) is 11.9 Å². The number of rotatable bonds is 4. The third-order valence-electron chi connectivity index (χ3n) is 2.21. The summed E-state index contributed by atoms with van der Waals surface area (Å²) < 4.78 is 18.2. The molecule has 1 atom stereocenters. The van der Waals surface area contributed by atoms with E-state index < -0.39 is 23.8 Å². The van der Waals surface area contributed by atoms with E-state index in [4.69, 9.17) is 9.84 Å². The number of amides is 1. The molecule has 17 heavy (non-hydrogen) atoms. The molecule has 1 aromatic rings. The Kier molecular flexibility index (Phi) is 4.17. The van der Waals surface area contributed by atoms with Crippen LogP contribution in [-0.2, 0) is 9.53 Å². The summed E-state index contributed by atoms with van der Waals surface area (Å²) in [5, 5.41) is 11.0. The van der Waals surface area contributed by atoms with Gasteiger partial charge in [0.2, 0.25) is 0 Å². The molecule has 0 saturated carbocycles. The third-order valence-corrected chi connectivity index (χ3v) is 2.21. The normalized spacial score (nSPS) is 11.9. The molecule has 0 radical (unpaired) electrons. The number of nitrogens with one attached hydrogen (secondary N) is 1. The maximum absolute atomic E-state index is 13.4. The Morgan fingerprint density at radius 1 is 1.47 bits per heavy atom. The van der Waals surface area contributed by atoms with Crippen LogP contribution in [0.4, 0.5) is 10.1 Å². The fourth-order valence-electron chi connectivity index (χ4n) is 1.16. The van der Waals surface area contributed by atoms with Crippen molar-refractivity contribution < 1.29 is 23.8 Å². The average Bonchev–Trinajstić information content (AvgIpc) is 2.30. The van der Waals surface area contributed by atoms with Gasteiger partial charge in [0.25, 0.3) is 5.91 Å². The Hall–Kier alpha value is -1.95. The number of carboxylic acid groups (broad SMARTS) is 1. The molecule has 92 valence electrons. The molecule has 1 aromatic carbocycles. The van der Waals surface area contributed by atoms with Crippen LogP contribution >= 0.6 is 0 Å². The SMILES string of the molecule is COC(C)C(=O)Nc1c(F)cccc1C(=O)O. The number of hydrogen-bond donors (Lipinski definition) is 2. The molecule has 0 aliphatic carbocycles. The van der Waals surface area contributed by atoms with E-state index in [2.05, 4.69) is 5.32 Å². The van der Waals surface area contributed by atoms with E-state index in [0.717, 1.165) is 6.07 Å². The molecular weight excluding hydrogens is 229 g/mol. The van der Waals surface area contributed by atoms with E-state index in [1.165, 1.54) is 26.2 Å². The average molecular weight is 241 g/mol. The van der Waals surface area contributed by atoms with Crippen LogP contribution < -0.4 is 5.32 Å². The first-order chi connectivity index (χ1) is 7.97. The zero-order valence-electron chi connectivity index (χ0n) is 9.36. The molecule has 0 spiro atoms. The number of benzene rings is 1. The molecule has 0 aliphatic heterocycles. The lowest BCUT2D eigenvalue weighted by molar-refractivity contribution is -0.124. The van der Waals surface area contributed by atoms with Crippen molar-refractivity contribution in [2.75, 3.05) is 12.4 Å². The molecule has 0 aromatic heterocycles. The van der Waals surface area contributed by atoms with E-state index in [9.17, 15) is 14.0 Å². The highest BCUT2D eigenvalue weighted by atomic mass is 19.1. The number of anilines is 1. The minimum absolute atomic E-state index is 0.304. The molecule has 0 heterocycles. The van der Waals surface area contributed by atoms with Crippen LogP contribution in [0.5, 0.6) is 0 Å². The number of carboxylic acids is 1. The first-order valence-electron chi connectivity index (χ1n) is 4.82. The summed E-state index contributed by atoms with van der Waals surface area (Å²) >= 11 is 0. The van der Waals surface area contributed by atoms with Gasteiger partial charge < -0.3 is 15.2 Å². The molecule has 2 N–H and O–H groups in total. The van der Waals surface area contributed by atoms with Crippen LogP contribution in [-0.4, -0.2) is 30.2 Å². The van der Waals surface area contributed by atoms with Crippen LogP contribution in [0.2, 0.25) is 0 Å². The van der Waals surface area contributed by atoms with Crippen molar-refractivity contribution in [1.82, 2.24) is 0 Å². The second-order valence-corrected chi connectivity index (χ2v) is 3.33. The lowest BCUT2D eigenvalue weighted by atomic mass is 10.1. The Morgan fingerprint density at radius 3 is 2.65 bits per heavy atom. The minimum Gasteiger partial charge on any atom is -0.478 e. The van der Waals surface area contributed by atoms with Crippen molar-refractivity contribution in [3.05, 3.63) is 29.6 Å². The maximum Gasteiger partial charge on any atom is 0.337 e. The van der Waals surface area contributed by atoms with Gasteiger partial charge in [-0.3, -0.25) is 4.79 Å². The zero-order valence-corrected chi connectivity index (χ0v) is 9.36. The van der Waals surface area contributed by atoms with Gasteiger partial charge in [-0.05, 0) is 19.1 Å². The van der Waals surface area contributed by atoms with Gasteiger partial charge in [0, 0.05) is 7.11 Å². The third kappa shape index (κ3) is 3.01. The minimum atomic E-state index is -1.31. The second kappa shape index (κ2) is 5.40. The number of halogens is 1. The zero-order chi connectivity index (χ0) is 13.0. The summed E-state index contributed by atoms with van der Waals surface area (Å²) in [4.78, 5) is 22.3. The number of aromatic carboxylic acids is 1. The lowest BCUT2D eigenvalue weighted by Gasteiger charge is -2.12. The van der Waals surface area contributed by atoms with Crippen LogP contribution in [0, 0.1) is 5.82 Å². The molecule has 5 nitrogen and oxygen atoms in total. The fraction of sp³-hybridized carbons (Fsp3) is 0.273. The van der Waals surface area contributed by atoms with Crippen molar-refractivity contribution in [1.29, 1.82) is 0 Å². The van der Waals surface area contributed by atoms with Crippen molar-refractivity contribution in [2.24, 2.45) is 0 Å². The highest BCUT2D eigenvalue weighted by molar-refractivity contribution is 6.01. The number of carbonyl (C=O) groups is 2. The topological polar surface area (TPSA) is 75.6 Å². The Bertz CT molecular complexity index is 447. The highest BCUT2D eigenvalue weighted by Gasteiger charge is 2.19. The summed E-state index contributed by atoms with van der Waals surface area (Å²) in [5.74, 6) is -2.73. The van der Waals surface area contributed by atoms with Crippen molar-refractivity contribution in [2.45, 2.75) is 13.0 Å². The molecule has 6 heteroatoms. The maximum atomic E-state index is 13.4. The number of carbonyl (C=O) groups excluding carboxylic acids is 1. The Balaban J connectivity index is 3.05. The molecule has 0 fully saturated rings. The summed E-state index contributed by atoms with van der Waals surface area (Å²) in [6.45, 7) is 1.47. The molecule has 1 unspecified atom stereocenters. The van der Waals surface area contributed by atoms with Gasteiger partial charge in [0.05, 0.1) is 11.3 Å². The molecule has 1 amide bonds. The largest absolute Gasteiger partial charge is 0.478 e. The number of ether oxygens (including phenoxy) is 1. The lowest BCUT2D eigenvalue weighted by Crippen LogP contribution is -2.27. The van der Waals surface area contributed by atoms with Crippen LogP contribution in [0.25, 0.3) is 0 Å². The van der Waals surface area contributed by atoms with Crippen LogP contribution in [0.3, 0.4) is 0 Å². The van der Waals surface area contributed by atoms with Gasteiger partial charge in [-0.25, -0.2) is 9.18 Å². The van der Waals surface area contributed by atoms with Gasteiger partial charge in [-0.15, -0.1) is 0 Å². The smallest absolute Gasteiger partial charge is 0.337 e. The number of para-hydroxylation sites is 1. The number of hydrogen-bond acceptors (Lipinski definition) is 3. The summed E-state index contributed by atoms with van der Waals surface area (Å²) in [6, 6.07) is 3.53. The fourth-order valence-corrected chi connectivity index (χ4v) is 1.16. The van der Waals surface area contributed by atoms with E-state index in [1.807, 2.05) is 0 Å². The van der Waals surface area contributed by atoms with Gasteiger partial charge in [-0.2, -0.15) is 0 Å². The first kappa shape index (κ1) is 13.1. The predicted molar refractivity (Wildman–Crippen MR) is 58.5 cm³/mol. The van der Waals surface area contributed by atoms with Gasteiger partial charge in [-0.1, -0.05) is 6.07 Å². The molecule has 0 saturated heterocycles. The molecule has 1 rings (SSSR count). The van der Waals surface area contributed by atoms with Crippen molar-refractivity contribution >= 4 is 17.6 Å². The Labute approximate surface area is 97.2 Å². The van der Waals surface area contributed by atoms with Crippen LogP contribution in [0.15, 0.2) is 18.2 Å². The van der Waals surface area contributed by atoms with Gasteiger partial charge in [0.15, 0.2) is 0 Å². The summed E-state index contributed by atoms with van der Waals surface area (Å²) in [6.07, 6.45) is -0.795. The second-order valence-electron chi connectivity index (χ2n) is 3.33.